The van der Waals surface area contributed by atoms with Crippen molar-refractivity contribution in [1.29, 1.82) is 0 Å². The SMILES string of the molecule is CCCOC(=O)C(C(C)C)C1([SiH3])CCCCO1. The first-order valence-corrected chi connectivity index (χ1v) is 7.82. The number of ether oxygens (including phenoxy) is 2. The monoisotopic (exact) mass is 258 g/mol. The smallest absolute Gasteiger partial charge is 0.311 e. The van der Waals surface area contributed by atoms with Gasteiger partial charge in [-0.15, -0.1) is 0 Å². The normalized spacial score (nSPS) is 27.1. The van der Waals surface area contributed by atoms with Crippen LogP contribution in [0, 0.1) is 11.8 Å². The zero-order chi connectivity index (χ0) is 12.9. The van der Waals surface area contributed by atoms with Gasteiger partial charge >= 0.3 is 5.97 Å². The summed E-state index contributed by atoms with van der Waals surface area (Å²) in [6.07, 6.45) is 4.20. The average Bonchev–Trinajstić information content (AvgIpc) is 2.26. The summed E-state index contributed by atoms with van der Waals surface area (Å²) in [6.45, 7) is 7.53. The molecule has 0 bridgehead atoms. The van der Waals surface area contributed by atoms with E-state index in [0.29, 0.717) is 6.61 Å². The fourth-order valence-electron chi connectivity index (χ4n) is 2.72. The maximum absolute atomic E-state index is 12.2. The molecule has 0 aliphatic carbocycles. The van der Waals surface area contributed by atoms with Crippen molar-refractivity contribution in [3.8, 4) is 0 Å². The van der Waals surface area contributed by atoms with E-state index >= 15 is 0 Å². The molecule has 4 heteroatoms. The highest BCUT2D eigenvalue weighted by molar-refractivity contribution is 6.16. The van der Waals surface area contributed by atoms with Gasteiger partial charge in [0.2, 0.25) is 0 Å². The molecule has 2 unspecified atom stereocenters. The van der Waals surface area contributed by atoms with Gasteiger partial charge < -0.3 is 9.47 Å². The predicted molar refractivity (Wildman–Crippen MR) is 72.1 cm³/mol. The van der Waals surface area contributed by atoms with E-state index in [1.807, 2.05) is 6.92 Å². The first-order valence-electron chi connectivity index (χ1n) is 6.82. The summed E-state index contributed by atoms with van der Waals surface area (Å²) >= 11 is 0. The Hall–Kier alpha value is -0.353. The lowest BCUT2D eigenvalue weighted by atomic mass is 9.85. The topological polar surface area (TPSA) is 35.5 Å². The molecule has 1 aliphatic rings. The first-order chi connectivity index (χ1) is 8.01. The van der Waals surface area contributed by atoms with Gasteiger partial charge in [0.25, 0.3) is 0 Å². The Morgan fingerprint density at radius 3 is 2.65 bits per heavy atom. The molecule has 1 aliphatic heterocycles. The van der Waals surface area contributed by atoms with Crippen LogP contribution in [0.1, 0.15) is 46.5 Å². The van der Waals surface area contributed by atoms with Crippen LogP contribution in [0.2, 0.25) is 0 Å². The third-order valence-corrected chi connectivity index (χ3v) is 4.94. The molecule has 17 heavy (non-hydrogen) atoms. The van der Waals surface area contributed by atoms with E-state index < -0.39 is 0 Å². The lowest BCUT2D eigenvalue weighted by molar-refractivity contribution is -0.163. The third-order valence-electron chi connectivity index (χ3n) is 3.53. The van der Waals surface area contributed by atoms with Gasteiger partial charge in [0.05, 0.1) is 17.7 Å². The first kappa shape index (κ1) is 14.7. The molecule has 0 radical (unpaired) electrons. The minimum absolute atomic E-state index is 0.0567. The van der Waals surface area contributed by atoms with Crippen LogP contribution in [0.5, 0.6) is 0 Å². The molecule has 2 atom stereocenters. The van der Waals surface area contributed by atoms with Gasteiger partial charge in [0.15, 0.2) is 0 Å². The van der Waals surface area contributed by atoms with E-state index in [0.717, 1.165) is 36.1 Å². The third kappa shape index (κ3) is 3.81. The van der Waals surface area contributed by atoms with Crippen molar-refractivity contribution in [3.05, 3.63) is 0 Å². The molecule has 0 spiro atoms. The summed E-state index contributed by atoms with van der Waals surface area (Å²) in [4.78, 5) is 12.2. The van der Waals surface area contributed by atoms with Gasteiger partial charge in [0.1, 0.15) is 0 Å². The highest BCUT2D eigenvalue weighted by atomic mass is 28.1. The second kappa shape index (κ2) is 6.54. The summed E-state index contributed by atoms with van der Waals surface area (Å²) in [6, 6.07) is 0. The highest BCUT2D eigenvalue weighted by Crippen LogP contribution is 2.34. The van der Waals surface area contributed by atoms with E-state index in [9.17, 15) is 4.79 Å². The van der Waals surface area contributed by atoms with Crippen LogP contribution in [0.15, 0.2) is 0 Å². The largest absolute Gasteiger partial charge is 0.465 e. The Balaban J connectivity index is 2.73. The van der Waals surface area contributed by atoms with Crippen molar-refractivity contribution in [3.63, 3.8) is 0 Å². The van der Waals surface area contributed by atoms with Crippen molar-refractivity contribution >= 4 is 16.2 Å². The van der Waals surface area contributed by atoms with Gasteiger partial charge in [-0.2, -0.15) is 0 Å². The molecule has 0 amide bonds. The summed E-state index contributed by atoms with van der Waals surface area (Å²) < 4.78 is 11.3. The molecule has 100 valence electrons. The van der Waals surface area contributed by atoms with Crippen LogP contribution in [0.4, 0.5) is 0 Å². The van der Waals surface area contributed by atoms with Gasteiger partial charge in [0, 0.05) is 16.8 Å². The number of esters is 1. The summed E-state index contributed by atoms with van der Waals surface area (Å²) in [5, 5.41) is -0.197. The van der Waals surface area contributed by atoms with E-state index in [1.54, 1.807) is 0 Å². The summed E-state index contributed by atoms with van der Waals surface area (Å²) in [7, 11) is 0.894. The minimum atomic E-state index is -0.197. The zero-order valence-corrected chi connectivity index (χ0v) is 13.6. The Morgan fingerprint density at radius 2 is 2.18 bits per heavy atom. The molecule has 1 fully saturated rings. The van der Waals surface area contributed by atoms with E-state index in [1.165, 1.54) is 6.42 Å². The molecule has 0 aromatic rings. The molecule has 0 aromatic heterocycles. The number of hydrogen-bond donors (Lipinski definition) is 0. The van der Waals surface area contributed by atoms with Crippen molar-refractivity contribution in [2.75, 3.05) is 13.2 Å². The molecule has 0 saturated carbocycles. The van der Waals surface area contributed by atoms with Crippen LogP contribution < -0.4 is 0 Å². The number of carbonyl (C=O) groups is 1. The number of hydrogen-bond acceptors (Lipinski definition) is 3. The number of carbonyl (C=O) groups excluding carboxylic acids is 1. The second-order valence-corrected chi connectivity index (χ2v) is 7.20. The maximum Gasteiger partial charge on any atom is 0.311 e. The summed E-state index contributed by atoms with van der Waals surface area (Å²) in [5.74, 6) is 0.148. The number of rotatable bonds is 5. The fraction of sp³-hybridized carbons (Fsp3) is 0.923. The Morgan fingerprint density at radius 1 is 1.47 bits per heavy atom. The van der Waals surface area contributed by atoms with Crippen LogP contribution >= 0.6 is 0 Å². The summed E-state index contributed by atoms with van der Waals surface area (Å²) in [5.41, 5.74) is 0. The lowest BCUT2D eigenvalue weighted by Crippen LogP contribution is -2.50. The van der Waals surface area contributed by atoms with Gasteiger partial charge in [-0.05, 0) is 31.6 Å². The van der Waals surface area contributed by atoms with Gasteiger partial charge in [-0.25, -0.2) is 0 Å². The van der Waals surface area contributed by atoms with Crippen molar-refractivity contribution in [1.82, 2.24) is 0 Å². The van der Waals surface area contributed by atoms with Crippen LogP contribution in [0.25, 0.3) is 0 Å². The molecule has 1 heterocycles. The highest BCUT2D eigenvalue weighted by Gasteiger charge is 2.43. The lowest BCUT2D eigenvalue weighted by Gasteiger charge is -2.41. The molecule has 3 nitrogen and oxygen atoms in total. The van der Waals surface area contributed by atoms with Crippen LogP contribution in [0.3, 0.4) is 0 Å². The Labute approximate surface area is 108 Å². The van der Waals surface area contributed by atoms with Crippen molar-refractivity contribution in [2.45, 2.75) is 51.7 Å². The van der Waals surface area contributed by atoms with Gasteiger partial charge in [-0.1, -0.05) is 20.8 Å². The zero-order valence-electron chi connectivity index (χ0n) is 11.6. The van der Waals surface area contributed by atoms with E-state index in [4.69, 9.17) is 9.47 Å². The van der Waals surface area contributed by atoms with Crippen molar-refractivity contribution in [2.24, 2.45) is 11.8 Å². The van der Waals surface area contributed by atoms with Crippen molar-refractivity contribution < 1.29 is 14.3 Å². The Bertz CT molecular complexity index is 247. The Kier molecular flexibility index (Phi) is 5.66. The van der Waals surface area contributed by atoms with E-state index in [2.05, 4.69) is 13.8 Å². The van der Waals surface area contributed by atoms with Gasteiger partial charge in [-0.3, -0.25) is 4.79 Å². The van der Waals surface area contributed by atoms with Crippen LogP contribution in [-0.4, -0.2) is 34.6 Å². The van der Waals surface area contributed by atoms with Crippen LogP contribution in [-0.2, 0) is 14.3 Å². The quantitative estimate of drug-likeness (QED) is 0.553. The molecular weight excluding hydrogens is 232 g/mol. The fourth-order valence-corrected chi connectivity index (χ4v) is 4.18. The minimum Gasteiger partial charge on any atom is -0.465 e. The molecule has 0 N–H and O–H groups in total. The standard InChI is InChI=1S/C13H26O3Si/c1-4-8-15-12(14)11(10(2)3)13(17)7-5-6-9-16-13/h10-11H,4-9H2,1-3,17H3. The maximum atomic E-state index is 12.2. The average molecular weight is 258 g/mol. The van der Waals surface area contributed by atoms with E-state index in [-0.39, 0.29) is 23.0 Å². The molecule has 1 rings (SSSR count). The predicted octanol–water partition coefficient (Wildman–Crippen LogP) is 1.47. The molecule has 0 aromatic carbocycles. The molecular formula is C13H26O3Si. The second-order valence-electron chi connectivity index (χ2n) is 5.51. The molecule has 1 saturated heterocycles.